The van der Waals surface area contributed by atoms with Gasteiger partial charge in [0.05, 0.1) is 0 Å². The van der Waals surface area contributed by atoms with Crippen LogP contribution in [0.3, 0.4) is 0 Å². The molecule has 0 saturated carbocycles. The molecule has 1 aromatic carbocycles. The van der Waals surface area contributed by atoms with Gasteiger partial charge in [0.15, 0.2) is 0 Å². The predicted octanol–water partition coefficient (Wildman–Crippen LogP) is 2.48. The van der Waals surface area contributed by atoms with E-state index in [1.54, 1.807) is 6.92 Å². The monoisotopic (exact) mass is 289 g/mol. The summed E-state index contributed by atoms with van der Waals surface area (Å²) in [6.07, 6.45) is 0.524. The quantitative estimate of drug-likeness (QED) is 0.875. The van der Waals surface area contributed by atoms with Gasteiger partial charge < -0.3 is 10.4 Å². The summed E-state index contributed by atoms with van der Waals surface area (Å²) in [6.45, 7) is 2.93. The summed E-state index contributed by atoms with van der Waals surface area (Å²) in [5.41, 5.74) is -2.66. The summed E-state index contributed by atoms with van der Waals surface area (Å²) in [7, 11) is 0. The van der Waals surface area contributed by atoms with Crippen LogP contribution in [0.5, 0.6) is 0 Å². The zero-order valence-corrected chi connectivity index (χ0v) is 11.0. The number of rotatable bonds is 5. The molecule has 20 heavy (non-hydrogen) atoms. The third-order valence-corrected chi connectivity index (χ3v) is 2.85. The Hall–Kier alpha value is -2.05. The lowest BCUT2D eigenvalue weighted by molar-refractivity contribution is -0.144. The number of carbonyl (C=O) groups excluding carboxylic acids is 1. The Bertz CT molecular complexity index is 525. The maximum Gasteiger partial charge on any atom is 0.329 e. The van der Waals surface area contributed by atoms with Gasteiger partial charge in [0, 0.05) is 12.1 Å². The molecule has 4 nitrogen and oxygen atoms in total. The topological polar surface area (TPSA) is 66.4 Å². The summed E-state index contributed by atoms with van der Waals surface area (Å²) in [5.74, 6) is -6.49. The molecule has 1 unspecified atom stereocenters. The zero-order valence-electron chi connectivity index (χ0n) is 11.0. The highest BCUT2D eigenvalue weighted by molar-refractivity contribution is 5.98. The fourth-order valence-electron chi connectivity index (χ4n) is 1.80. The third-order valence-electron chi connectivity index (χ3n) is 2.85. The summed E-state index contributed by atoms with van der Waals surface area (Å²) in [5, 5.41) is 11.2. The van der Waals surface area contributed by atoms with Crippen molar-refractivity contribution >= 4 is 11.9 Å². The summed E-state index contributed by atoms with van der Waals surface area (Å²) in [6, 6.07) is 0.714. The minimum absolute atomic E-state index is 0.0819. The molecule has 0 aliphatic carbocycles. The number of aliphatic carboxylic acids is 1. The molecule has 1 amide bonds. The lowest BCUT2D eigenvalue weighted by Crippen LogP contribution is -2.52. The van der Waals surface area contributed by atoms with E-state index in [4.69, 9.17) is 5.11 Å². The second-order valence-electron chi connectivity index (χ2n) is 4.59. The van der Waals surface area contributed by atoms with Crippen LogP contribution in [0.2, 0.25) is 0 Å². The Morgan fingerprint density at radius 1 is 1.25 bits per heavy atom. The molecule has 0 heterocycles. The maximum atomic E-state index is 13.4. The van der Waals surface area contributed by atoms with Crippen molar-refractivity contribution in [3.63, 3.8) is 0 Å². The fraction of sp³-hybridized carbons (Fsp3) is 0.385. The first-order valence-electron chi connectivity index (χ1n) is 5.91. The number of halogens is 3. The van der Waals surface area contributed by atoms with Crippen molar-refractivity contribution < 1.29 is 27.9 Å². The number of carboxylic acid groups (broad SMARTS) is 1. The van der Waals surface area contributed by atoms with Crippen molar-refractivity contribution in [2.75, 3.05) is 0 Å². The van der Waals surface area contributed by atoms with Gasteiger partial charge in [0.2, 0.25) is 0 Å². The Morgan fingerprint density at radius 3 is 2.15 bits per heavy atom. The van der Waals surface area contributed by atoms with Gasteiger partial charge in [-0.3, -0.25) is 4.79 Å². The molecule has 1 rings (SSSR count). The van der Waals surface area contributed by atoms with Crippen molar-refractivity contribution in [3.05, 3.63) is 35.1 Å². The standard InChI is InChI=1S/C13H14F3NO3/c1-3-4-13(2,12(19)20)17-11(18)10-8(15)5-7(14)6-9(10)16/h5-6H,3-4H2,1-2H3,(H,17,18)(H,19,20). The van der Waals surface area contributed by atoms with Crippen molar-refractivity contribution in [1.29, 1.82) is 0 Å². The van der Waals surface area contributed by atoms with Gasteiger partial charge in [-0.25, -0.2) is 18.0 Å². The molecule has 7 heteroatoms. The van der Waals surface area contributed by atoms with Crippen LogP contribution in [0.25, 0.3) is 0 Å². The van der Waals surface area contributed by atoms with Crippen molar-refractivity contribution in [2.45, 2.75) is 32.2 Å². The molecule has 0 aliphatic heterocycles. The Morgan fingerprint density at radius 2 is 1.75 bits per heavy atom. The molecule has 1 atom stereocenters. The van der Waals surface area contributed by atoms with E-state index in [2.05, 4.69) is 5.32 Å². The Kier molecular flexibility index (Phi) is 4.75. The lowest BCUT2D eigenvalue weighted by atomic mass is 9.95. The van der Waals surface area contributed by atoms with E-state index in [1.165, 1.54) is 6.92 Å². The molecule has 110 valence electrons. The van der Waals surface area contributed by atoms with Crippen LogP contribution in [-0.2, 0) is 4.79 Å². The van der Waals surface area contributed by atoms with Crippen LogP contribution in [0.1, 0.15) is 37.0 Å². The molecule has 0 bridgehead atoms. The zero-order chi connectivity index (χ0) is 15.5. The molecule has 1 aromatic rings. The number of amides is 1. The number of carbonyl (C=O) groups is 2. The van der Waals surface area contributed by atoms with Crippen molar-refractivity contribution in [3.8, 4) is 0 Å². The Labute approximate surface area is 113 Å². The number of hydrogen-bond donors (Lipinski definition) is 2. The van der Waals surface area contributed by atoms with Crippen LogP contribution in [-0.4, -0.2) is 22.5 Å². The van der Waals surface area contributed by atoms with Crippen LogP contribution in [0.4, 0.5) is 13.2 Å². The number of benzene rings is 1. The predicted molar refractivity (Wildman–Crippen MR) is 64.7 cm³/mol. The highest BCUT2D eigenvalue weighted by Crippen LogP contribution is 2.18. The van der Waals surface area contributed by atoms with Gasteiger partial charge in [-0.2, -0.15) is 0 Å². The van der Waals surface area contributed by atoms with Gasteiger partial charge >= 0.3 is 5.97 Å². The van der Waals surface area contributed by atoms with E-state index in [0.717, 1.165) is 0 Å². The molecule has 0 saturated heterocycles. The van der Waals surface area contributed by atoms with E-state index >= 15 is 0 Å². The number of carboxylic acids is 1. The smallest absolute Gasteiger partial charge is 0.329 e. The third kappa shape index (κ3) is 3.28. The van der Waals surface area contributed by atoms with E-state index in [-0.39, 0.29) is 6.42 Å². The first-order chi connectivity index (χ1) is 9.21. The van der Waals surface area contributed by atoms with Gasteiger partial charge in [-0.15, -0.1) is 0 Å². The lowest BCUT2D eigenvalue weighted by Gasteiger charge is -2.25. The largest absolute Gasteiger partial charge is 0.480 e. The molecule has 0 fully saturated rings. The highest BCUT2D eigenvalue weighted by atomic mass is 19.1. The number of hydrogen-bond acceptors (Lipinski definition) is 2. The van der Waals surface area contributed by atoms with Crippen LogP contribution >= 0.6 is 0 Å². The second-order valence-corrected chi connectivity index (χ2v) is 4.59. The first-order valence-corrected chi connectivity index (χ1v) is 5.91. The minimum atomic E-state index is -1.65. The molecular weight excluding hydrogens is 275 g/mol. The first kappa shape index (κ1) is 16.0. The fourth-order valence-corrected chi connectivity index (χ4v) is 1.80. The van der Waals surface area contributed by atoms with Gasteiger partial charge in [-0.05, 0) is 13.3 Å². The summed E-state index contributed by atoms with van der Waals surface area (Å²) in [4.78, 5) is 23.0. The highest BCUT2D eigenvalue weighted by Gasteiger charge is 2.35. The van der Waals surface area contributed by atoms with Crippen LogP contribution in [0.15, 0.2) is 12.1 Å². The molecule has 0 spiro atoms. The van der Waals surface area contributed by atoms with E-state index < -0.39 is 40.4 Å². The molecule has 0 aromatic heterocycles. The van der Waals surface area contributed by atoms with Gasteiger partial charge in [0.25, 0.3) is 5.91 Å². The minimum Gasteiger partial charge on any atom is -0.480 e. The SMILES string of the molecule is CCCC(C)(NC(=O)c1c(F)cc(F)cc1F)C(=O)O. The Balaban J connectivity index is 3.10. The molecule has 0 aliphatic rings. The second kappa shape index (κ2) is 5.94. The van der Waals surface area contributed by atoms with E-state index in [9.17, 15) is 22.8 Å². The molecular formula is C13H14F3NO3. The van der Waals surface area contributed by atoms with Crippen molar-refractivity contribution in [1.82, 2.24) is 5.32 Å². The van der Waals surface area contributed by atoms with Crippen molar-refractivity contribution in [2.24, 2.45) is 0 Å². The number of nitrogens with one attached hydrogen (secondary N) is 1. The normalized spacial score (nSPS) is 13.7. The maximum absolute atomic E-state index is 13.4. The summed E-state index contributed by atoms with van der Waals surface area (Å²) < 4.78 is 39.6. The van der Waals surface area contributed by atoms with Gasteiger partial charge in [0.1, 0.15) is 28.6 Å². The van der Waals surface area contributed by atoms with Crippen LogP contribution in [0, 0.1) is 17.5 Å². The van der Waals surface area contributed by atoms with E-state index in [1.807, 2.05) is 0 Å². The van der Waals surface area contributed by atoms with Crippen LogP contribution < -0.4 is 5.32 Å². The van der Waals surface area contributed by atoms with E-state index in [0.29, 0.717) is 18.6 Å². The van der Waals surface area contributed by atoms with Gasteiger partial charge in [-0.1, -0.05) is 13.3 Å². The molecule has 0 radical (unpaired) electrons. The average Bonchev–Trinajstić information content (AvgIpc) is 2.26. The average molecular weight is 289 g/mol. The summed E-state index contributed by atoms with van der Waals surface area (Å²) >= 11 is 0. The molecule has 2 N–H and O–H groups in total.